The van der Waals surface area contributed by atoms with Crippen LogP contribution in [0.2, 0.25) is 0 Å². The molecule has 0 aromatic heterocycles. The summed E-state index contributed by atoms with van der Waals surface area (Å²) in [5.74, 6) is -0.424. The molecule has 0 bridgehead atoms. The Hall–Kier alpha value is -2.61. The highest BCUT2D eigenvalue weighted by atomic mass is 19.4. The number of nitrogens with one attached hydrogen (secondary N) is 1. The van der Waals surface area contributed by atoms with Crippen LogP contribution in [-0.2, 0) is 22.3 Å². The highest BCUT2D eigenvalue weighted by Crippen LogP contribution is 2.51. The predicted molar refractivity (Wildman–Crippen MR) is 102 cm³/mol. The highest BCUT2D eigenvalue weighted by Gasteiger charge is 2.51. The first kappa shape index (κ1) is 20.7. The molecule has 2 N–H and O–H groups in total. The van der Waals surface area contributed by atoms with Gasteiger partial charge in [-0.15, -0.1) is 0 Å². The van der Waals surface area contributed by atoms with Crippen molar-refractivity contribution < 1.29 is 28.0 Å². The Morgan fingerprint density at radius 1 is 1.23 bits per heavy atom. The maximum Gasteiger partial charge on any atom is 0.416 e. The number of hydrogen-bond acceptors (Lipinski definition) is 3. The summed E-state index contributed by atoms with van der Waals surface area (Å²) >= 11 is 0. The molecule has 2 amide bonds. The van der Waals surface area contributed by atoms with Crippen LogP contribution in [0.5, 0.6) is 0 Å². The van der Waals surface area contributed by atoms with Crippen molar-refractivity contribution >= 4 is 11.8 Å². The molecule has 4 rings (SSSR count). The number of allylic oxidation sites excluding steroid dienone is 2. The van der Waals surface area contributed by atoms with E-state index in [-0.39, 0.29) is 29.9 Å². The van der Waals surface area contributed by atoms with E-state index in [0.29, 0.717) is 31.4 Å². The standard InChI is InChI=1S/C22H23F3N2O3/c23-22(24,25)18-4-2-1-3-17(18)13-27-10-9-21(20(27)29)8-7-14-11-15(19(28)26-30)5-6-16(14)12-21/h1-6,11,14,16,30H,7-10,12-13H2,(H,26,28)/t14?,16?,21-/m0/s1. The zero-order valence-electron chi connectivity index (χ0n) is 16.3. The number of likely N-dealkylation sites (tertiary alicyclic amines) is 1. The Morgan fingerprint density at radius 2 is 2.00 bits per heavy atom. The summed E-state index contributed by atoms with van der Waals surface area (Å²) in [6.07, 6.45) is 3.55. The lowest BCUT2D eigenvalue weighted by Gasteiger charge is -2.40. The summed E-state index contributed by atoms with van der Waals surface area (Å²) in [6.45, 7) is 0.404. The van der Waals surface area contributed by atoms with E-state index in [0.717, 1.165) is 12.5 Å². The molecule has 0 radical (unpaired) electrons. The third-order valence-electron chi connectivity index (χ3n) is 6.70. The third-order valence-corrected chi connectivity index (χ3v) is 6.70. The lowest BCUT2D eigenvalue weighted by Crippen LogP contribution is -2.40. The molecule has 160 valence electrons. The highest BCUT2D eigenvalue weighted by molar-refractivity contribution is 5.95. The van der Waals surface area contributed by atoms with E-state index in [1.165, 1.54) is 12.1 Å². The molecule has 8 heteroatoms. The second kappa shape index (κ2) is 7.58. The van der Waals surface area contributed by atoms with E-state index in [2.05, 4.69) is 0 Å². The lowest BCUT2D eigenvalue weighted by molar-refractivity contribution is -0.142. The van der Waals surface area contributed by atoms with Crippen LogP contribution < -0.4 is 5.48 Å². The molecule has 1 saturated carbocycles. The number of alkyl halides is 3. The molecule has 30 heavy (non-hydrogen) atoms. The lowest BCUT2D eigenvalue weighted by atomic mass is 9.63. The van der Waals surface area contributed by atoms with E-state index >= 15 is 0 Å². The van der Waals surface area contributed by atoms with E-state index in [1.807, 2.05) is 12.2 Å². The Morgan fingerprint density at radius 3 is 2.73 bits per heavy atom. The first-order valence-electron chi connectivity index (χ1n) is 10.0. The molecule has 1 aliphatic heterocycles. The SMILES string of the molecule is O=C(NO)C1=CC2CC[C@]3(CCN(Cc4ccccc4C(F)(F)F)C3=O)CC2C=C1. The van der Waals surface area contributed by atoms with Gasteiger partial charge < -0.3 is 4.90 Å². The number of hydrogen-bond donors (Lipinski definition) is 2. The topological polar surface area (TPSA) is 69.6 Å². The Balaban J connectivity index is 1.48. The fourth-order valence-corrected chi connectivity index (χ4v) is 5.11. The monoisotopic (exact) mass is 420 g/mol. The summed E-state index contributed by atoms with van der Waals surface area (Å²) in [5.41, 5.74) is 0.897. The number of carbonyl (C=O) groups is 2. The van der Waals surface area contributed by atoms with Crippen LogP contribution in [0.1, 0.15) is 36.8 Å². The molecule has 3 atom stereocenters. The maximum atomic E-state index is 13.3. The van der Waals surface area contributed by atoms with Crippen LogP contribution in [0.3, 0.4) is 0 Å². The number of hydroxylamine groups is 1. The minimum atomic E-state index is -4.45. The number of rotatable bonds is 3. The molecule has 1 spiro atoms. The van der Waals surface area contributed by atoms with Gasteiger partial charge in [-0.2, -0.15) is 13.2 Å². The molecule has 2 unspecified atom stereocenters. The van der Waals surface area contributed by atoms with Crippen molar-refractivity contribution in [3.63, 3.8) is 0 Å². The molecule has 2 fully saturated rings. The van der Waals surface area contributed by atoms with Gasteiger partial charge in [0.15, 0.2) is 0 Å². The summed E-state index contributed by atoms with van der Waals surface area (Å²) < 4.78 is 39.9. The molecule has 5 nitrogen and oxygen atoms in total. The average molecular weight is 420 g/mol. The van der Waals surface area contributed by atoms with Crippen LogP contribution in [-0.4, -0.2) is 28.5 Å². The summed E-state index contributed by atoms with van der Waals surface area (Å²) in [5, 5.41) is 8.81. The number of fused-ring (bicyclic) bond motifs is 1. The van der Waals surface area contributed by atoms with Gasteiger partial charge in [0.05, 0.1) is 11.0 Å². The van der Waals surface area contributed by atoms with Gasteiger partial charge in [-0.3, -0.25) is 14.8 Å². The molecular formula is C22H23F3N2O3. The summed E-state index contributed by atoms with van der Waals surface area (Å²) in [4.78, 5) is 26.4. The number of nitrogens with zero attached hydrogens (tertiary/aromatic N) is 1. The fraction of sp³-hybridized carbons (Fsp3) is 0.455. The third kappa shape index (κ3) is 3.64. The van der Waals surface area contributed by atoms with Crippen molar-refractivity contribution in [1.82, 2.24) is 10.4 Å². The number of amides is 2. The molecule has 1 aromatic rings. The Labute approximate surface area is 172 Å². The zero-order chi connectivity index (χ0) is 21.5. The molecule has 1 saturated heterocycles. The molecule has 1 aromatic carbocycles. The zero-order valence-corrected chi connectivity index (χ0v) is 16.3. The van der Waals surface area contributed by atoms with Gasteiger partial charge in [0.1, 0.15) is 0 Å². The van der Waals surface area contributed by atoms with Crippen molar-refractivity contribution in [2.75, 3.05) is 6.54 Å². The minimum Gasteiger partial charge on any atom is -0.338 e. The van der Waals surface area contributed by atoms with Gasteiger partial charge in [0.2, 0.25) is 5.91 Å². The average Bonchev–Trinajstić information content (AvgIpc) is 3.02. The van der Waals surface area contributed by atoms with Crippen LogP contribution in [0.4, 0.5) is 13.2 Å². The number of benzene rings is 1. The fourth-order valence-electron chi connectivity index (χ4n) is 5.11. The van der Waals surface area contributed by atoms with Gasteiger partial charge in [0.25, 0.3) is 5.91 Å². The van der Waals surface area contributed by atoms with Gasteiger partial charge in [-0.25, -0.2) is 5.48 Å². The largest absolute Gasteiger partial charge is 0.416 e. The van der Waals surface area contributed by atoms with Crippen molar-refractivity contribution in [2.24, 2.45) is 17.3 Å². The van der Waals surface area contributed by atoms with Crippen LogP contribution in [0, 0.1) is 17.3 Å². The quantitative estimate of drug-likeness (QED) is 0.577. The molecule has 2 aliphatic carbocycles. The molecular weight excluding hydrogens is 397 g/mol. The second-order valence-corrected chi connectivity index (χ2v) is 8.40. The van der Waals surface area contributed by atoms with E-state index in [1.54, 1.807) is 22.5 Å². The first-order valence-corrected chi connectivity index (χ1v) is 10.0. The predicted octanol–water partition coefficient (Wildman–Crippen LogP) is 3.84. The van der Waals surface area contributed by atoms with Gasteiger partial charge in [-0.05, 0) is 49.1 Å². The first-order chi connectivity index (χ1) is 14.2. The molecule has 3 aliphatic rings. The van der Waals surface area contributed by atoms with Crippen molar-refractivity contribution in [3.8, 4) is 0 Å². The summed E-state index contributed by atoms with van der Waals surface area (Å²) in [7, 11) is 0. The van der Waals surface area contributed by atoms with Crippen molar-refractivity contribution in [1.29, 1.82) is 0 Å². The van der Waals surface area contributed by atoms with Crippen molar-refractivity contribution in [3.05, 3.63) is 59.2 Å². The summed E-state index contributed by atoms with van der Waals surface area (Å²) in [6, 6.07) is 5.40. The normalized spacial score (nSPS) is 28.5. The van der Waals surface area contributed by atoms with Crippen LogP contribution in [0.15, 0.2) is 48.1 Å². The molecule has 1 heterocycles. The Bertz CT molecular complexity index is 924. The van der Waals surface area contributed by atoms with Crippen LogP contribution in [0.25, 0.3) is 0 Å². The number of halogens is 3. The second-order valence-electron chi connectivity index (χ2n) is 8.40. The van der Waals surface area contributed by atoms with Gasteiger partial charge in [0, 0.05) is 18.7 Å². The van der Waals surface area contributed by atoms with E-state index in [4.69, 9.17) is 5.21 Å². The van der Waals surface area contributed by atoms with E-state index in [9.17, 15) is 22.8 Å². The Kier molecular flexibility index (Phi) is 5.22. The maximum absolute atomic E-state index is 13.3. The van der Waals surface area contributed by atoms with Gasteiger partial charge in [-0.1, -0.05) is 36.4 Å². The van der Waals surface area contributed by atoms with Crippen molar-refractivity contribution in [2.45, 2.75) is 38.4 Å². The van der Waals surface area contributed by atoms with E-state index < -0.39 is 23.1 Å². The minimum absolute atomic E-state index is 0.0408. The smallest absolute Gasteiger partial charge is 0.338 e. The van der Waals surface area contributed by atoms with Gasteiger partial charge >= 0.3 is 6.18 Å². The van der Waals surface area contributed by atoms with Crippen LogP contribution >= 0.6 is 0 Å². The number of carbonyl (C=O) groups excluding carboxylic acids is 2.